The maximum absolute atomic E-state index is 11.6. The Labute approximate surface area is 120 Å². The molecular formula is C12H8Br2N2O2. The zero-order valence-electron chi connectivity index (χ0n) is 9.06. The molecule has 1 N–H and O–H groups in total. The second kappa shape index (κ2) is 5.97. The summed E-state index contributed by atoms with van der Waals surface area (Å²) in [6.45, 7) is 0. The quantitative estimate of drug-likeness (QED) is 0.662. The number of hydrogen-bond donors (Lipinski definition) is 1. The SMILES string of the molecule is O=C(N/N=C\c1ccc(Br)cc1)c1ccc(Br)o1. The van der Waals surface area contributed by atoms with Gasteiger partial charge >= 0.3 is 5.91 Å². The molecule has 0 aliphatic carbocycles. The number of halogens is 2. The molecule has 2 aromatic rings. The predicted molar refractivity (Wildman–Crippen MR) is 75.6 cm³/mol. The lowest BCUT2D eigenvalue weighted by Gasteiger charge is -1.96. The Morgan fingerprint density at radius 2 is 1.89 bits per heavy atom. The molecule has 6 heteroatoms. The van der Waals surface area contributed by atoms with E-state index >= 15 is 0 Å². The smallest absolute Gasteiger partial charge is 0.307 e. The summed E-state index contributed by atoms with van der Waals surface area (Å²) in [4.78, 5) is 11.6. The number of nitrogens with zero attached hydrogens (tertiary/aromatic N) is 1. The van der Waals surface area contributed by atoms with Gasteiger partial charge in [0.15, 0.2) is 10.4 Å². The van der Waals surface area contributed by atoms with Crippen LogP contribution >= 0.6 is 31.9 Å². The first kappa shape index (κ1) is 13.0. The summed E-state index contributed by atoms with van der Waals surface area (Å²) < 4.78 is 6.58. The van der Waals surface area contributed by atoms with E-state index in [2.05, 4.69) is 42.4 Å². The number of furan rings is 1. The number of amides is 1. The molecule has 1 aromatic heterocycles. The highest BCUT2D eigenvalue weighted by molar-refractivity contribution is 9.10. The minimum Gasteiger partial charge on any atom is -0.444 e. The minimum absolute atomic E-state index is 0.204. The van der Waals surface area contributed by atoms with Crippen LogP contribution in [0.15, 0.2) is 55.1 Å². The Morgan fingerprint density at radius 3 is 2.50 bits per heavy atom. The lowest BCUT2D eigenvalue weighted by Crippen LogP contribution is -2.16. The molecule has 0 aliphatic rings. The molecular weight excluding hydrogens is 364 g/mol. The van der Waals surface area contributed by atoms with Gasteiger partial charge in [-0.3, -0.25) is 4.79 Å². The summed E-state index contributed by atoms with van der Waals surface area (Å²) >= 11 is 6.46. The first-order valence-electron chi connectivity index (χ1n) is 4.99. The van der Waals surface area contributed by atoms with Crippen molar-refractivity contribution in [3.63, 3.8) is 0 Å². The van der Waals surface area contributed by atoms with Crippen molar-refractivity contribution in [2.24, 2.45) is 5.10 Å². The van der Waals surface area contributed by atoms with Crippen LogP contribution in [0.2, 0.25) is 0 Å². The van der Waals surface area contributed by atoms with Crippen LogP contribution in [0.5, 0.6) is 0 Å². The zero-order chi connectivity index (χ0) is 13.0. The van der Waals surface area contributed by atoms with E-state index in [1.54, 1.807) is 18.3 Å². The molecule has 1 aromatic carbocycles. The van der Waals surface area contributed by atoms with E-state index in [0.29, 0.717) is 4.67 Å². The molecule has 4 nitrogen and oxygen atoms in total. The molecule has 1 amide bonds. The highest BCUT2D eigenvalue weighted by Gasteiger charge is 2.08. The standard InChI is InChI=1S/C12H8Br2N2O2/c13-9-3-1-8(2-4-9)7-15-16-12(17)10-5-6-11(14)18-10/h1-7H,(H,16,17)/b15-7-. The van der Waals surface area contributed by atoms with Crippen molar-refractivity contribution in [2.75, 3.05) is 0 Å². The topological polar surface area (TPSA) is 54.6 Å². The third-order valence-corrected chi connectivity index (χ3v) is 3.00. The Morgan fingerprint density at radius 1 is 1.17 bits per heavy atom. The molecule has 0 saturated heterocycles. The Hall–Kier alpha value is -1.40. The highest BCUT2D eigenvalue weighted by atomic mass is 79.9. The average Bonchev–Trinajstić information content (AvgIpc) is 2.78. The maximum Gasteiger partial charge on any atom is 0.307 e. The van der Waals surface area contributed by atoms with E-state index in [0.717, 1.165) is 10.0 Å². The summed E-state index contributed by atoms with van der Waals surface area (Å²) in [6.07, 6.45) is 1.56. The third-order valence-electron chi connectivity index (χ3n) is 2.05. The molecule has 0 radical (unpaired) electrons. The molecule has 0 atom stereocenters. The van der Waals surface area contributed by atoms with E-state index in [9.17, 15) is 4.79 Å². The summed E-state index contributed by atoms with van der Waals surface area (Å²) in [5, 5.41) is 3.84. The number of benzene rings is 1. The number of nitrogens with one attached hydrogen (secondary N) is 1. The average molecular weight is 372 g/mol. The van der Waals surface area contributed by atoms with Crippen LogP contribution in [0.25, 0.3) is 0 Å². The van der Waals surface area contributed by atoms with Gasteiger partial charge in [0.05, 0.1) is 6.21 Å². The van der Waals surface area contributed by atoms with Crippen molar-refractivity contribution in [2.45, 2.75) is 0 Å². The van der Waals surface area contributed by atoms with Gasteiger partial charge in [-0.1, -0.05) is 28.1 Å². The fourth-order valence-electron chi connectivity index (χ4n) is 1.21. The molecule has 92 valence electrons. The minimum atomic E-state index is -0.394. The van der Waals surface area contributed by atoms with Gasteiger partial charge < -0.3 is 4.42 Å². The molecule has 1 heterocycles. The lowest BCUT2D eigenvalue weighted by molar-refractivity contribution is 0.0926. The van der Waals surface area contributed by atoms with Gasteiger partial charge in [-0.15, -0.1) is 0 Å². The summed E-state index contributed by atoms with van der Waals surface area (Å²) in [7, 11) is 0. The van der Waals surface area contributed by atoms with Crippen LogP contribution in [-0.2, 0) is 0 Å². The molecule has 0 saturated carbocycles. The molecule has 0 spiro atoms. The number of carbonyl (C=O) groups excluding carboxylic acids is 1. The summed E-state index contributed by atoms with van der Waals surface area (Å²) in [5.74, 6) is -0.191. The predicted octanol–water partition coefficient (Wildman–Crippen LogP) is 3.57. The molecule has 0 aliphatic heterocycles. The molecule has 0 unspecified atom stereocenters. The maximum atomic E-state index is 11.6. The largest absolute Gasteiger partial charge is 0.444 e. The normalized spacial score (nSPS) is 10.8. The number of rotatable bonds is 3. The fraction of sp³-hybridized carbons (Fsp3) is 0. The summed E-state index contributed by atoms with van der Waals surface area (Å²) in [6, 6.07) is 10.8. The number of hydrazone groups is 1. The van der Waals surface area contributed by atoms with Crippen molar-refractivity contribution in [1.29, 1.82) is 0 Å². The first-order valence-corrected chi connectivity index (χ1v) is 6.58. The highest BCUT2D eigenvalue weighted by Crippen LogP contribution is 2.13. The molecule has 0 bridgehead atoms. The number of hydrogen-bond acceptors (Lipinski definition) is 3. The van der Waals surface area contributed by atoms with Crippen LogP contribution < -0.4 is 5.43 Å². The van der Waals surface area contributed by atoms with Gasteiger partial charge in [-0.25, -0.2) is 5.43 Å². The number of carbonyl (C=O) groups is 1. The second-order valence-corrected chi connectivity index (χ2v) is 5.05. The van der Waals surface area contributed by atoms with Crippen LogP contribution in [0, 0.1) is 0 Å². The van der Waals surface area contributed by atoms with E-state index in [-0.39, 0.29) is 5.76 Å². The van der Waals surface area contributed by atoms with Gasteiger partial charge in [0, 0.05) is 4.47 Å². The van der Waals surface area contributed by atoms with E-state index in [1.165, 1.54) is 0 Å². The first-order chi connectivity index (χ1) is 8.65. The Balaban J connectivity index is 1.95. The second-order valence-electron chi connectivity index (χ2n) is 3.35. The zero-order valence-corrected chi connectivity index (χ0v) is 12.2. The van der Waals surface area contributed by atoms with Crippen LogP contribution in [0.4, 0.5) is 0 Å². The van der Waals surface area contributed by atoms with Crippen LogP contribution in [0.1, 0.15) is 16.1 Å². The van der Waals surface area contributed by atoms with E-state index in [1.807, 2.05) is 24.3 Å². The molecule has 0 fully saturated rings. The monoisotopic (exact) mass is 370 g/mol. The van der Waals surface area contributed by atoms with Crippen LogP contribution in [-0.4, -0.2) is 12.1 Å². The van der Waals surface area contributed by atoms with Gasteiger partial charge in [0.2, 0.25) is 0 Å². The molecule has 2 rings (SSSR count). The van der Waals surface area contributed by atoms with Crippen molar-refractivity contribution >= 4 is 44.0 Å². The van der Waals surface area contributed by atoms with Gasteiger partial charge in [-0.05, 0) is 45.8 Å². The summed E-state index contributed by atoms with van der Waals surface area (Å²) in [5.41, 5.74) is 3.27. The van der Waals surface area contributed by atoms with Crippen molar-refractivity contribution < 1.29 is 9.21 Å². The van der Waals surface area contributed by atoms with Crippen molar-refractivity contribution in [3.05, 3.63) is 56.9 Å². The van der Waals surface area contributed by atoms with Gasteiger partial charge in [0.25, 0.3) is 0 Å². The van der Waals surface area contributed by atoms with Gasteiger partial charge in [-0.2, -0.15) is 5.10 Å². The Bertz CT molecular complexity index is 576. The molecule has 18 heavy (non-hydrogen) atoms. The van der Waals surface area contributed by atoms with Gasteiger partial charge in [0.1, 0.15) is 0 Å². The van der Waals surface area contributed by atoms with E-state index < -0.39 is 5.91 Å². The van der Waals surface area contributed by atoms with Crippen LogP contribution in [0.3, 0.4) is 0 Å². The fourth-order valence-corrected chi connectivity index (χ4v) is 1.78. The lowest BCUT2D eigenvalue weighted by atomic mass is 10.2. The van der Waals surface area contributed by atoms with Crippen molar-refractivity contribution in [1.82, 2.24) is 5.43 Å². The Kier molecular flexibility index (Phi) is 4.33. The van der Waals surface area contributed by atoms with Crippen molar-refractivity contribution in [3.8, 4) is 0 Å². The third kappa shape index (κ3) is 3.54. The van der Waals surface area contributed by atoms with E-state index in [4.69, 9.17) is 4.42 Å².